The van der Waals surface area contributed by atoms with Gasteiger partial charge in [0.25, 0.3) is 0 Å². The molecule has 2 unspecified atom stereocenters. The predicted octanol–water partition coefficient (Wildman–Crippen LogP) is 5.08. The van der Waals surface area contributed by atoms with Crippen LogP contribution >= 0.6 is 11.6 Å². The molecule has 0 spiro atoms. The molecule has 1 aromatic carbocycles. The number of halogens is 6. The molecule has 1 N–H and O–H groups in total. The van der Waals surface area contributed by atoms with Gasteiger partial charge in [-0.1, -0.05) is 25.4 Å². The summed E-state index contributed by atoms with van der Waals surface area (Å²) in [6, 6.07) is 3.57. The average molecular weight is 395 g/mol. The fourth-order valence-electron chi connectivity index (χ4n) is 3.76. The first-order valence-corrected chi connectivity index (χ1v) is 8.42. The van der Waals surface area contributed by atoms with Crippen molar-refractivity contribution in [2.75, 3.05) is 11.4 Å². The normalized spacial score (nSPS) is 20.7. The van der Waals surface area contributed by atoms with Crippen molar-refractivity contribution in [3.05, 3.63) is 39.1 Å². The smallest absolute Gasteiger partial charge is 0.361 e. The summed E-state index contributed by atoms with van der Waals surface area (Å²) in [6.45, 7) is 2.04. The minimum atomic E-state index is -5.63. The second-order valence-electron chi connectivity index (χ2n) is 6.50. The van der Waals surface area contributed by atoms with E-state index in [1.165, 1.54) is 18.2 Å². The summed E-state index contributed by atoms with van der Waals surface area (Å²) in [4.78, 5) is 15.3. The topological polar surface area (TPSA) is 36.1 Å². The number of nitrogens with one attached hydrogen (secondary N) is 1. The SMILES string of the molecule is CCC1C(C)c2c(ccc3[nH]c(=O)cc(Cl)c23)N1CC(F)(F)C(F)(F)F. The lowest BCUT2D eigenvalue weighted by molar-refractivity contribution is -0.277. The monoisotopic (exact) mass is 394 g/mol. The number of rotatable bonds is 3. The number of pyridine rings is 1. The number of benzene rings is 1. The van der Waals surface area contributed by atoms with Crippen LogP contribution < -0.4 is 10.5 Å². The van der Waals surface area contributed by atoms with Crippen LogP contribution in [0.25, 0.3) is 10.9 Å². The van der Waals surface area contributed by atoms with Crippen molar-refractivity contribution in [1.82, 2.24) is 4.98 Å². The van der Waals surface area contributed by atoms with Crippen LogP contribution in [0, 0.1) is 0 Å². The summed E-state index contributed by atoms with van der Waals surface area (Å²) in [5, 5.41) is 0.624. The maximum absolute atomic E-state index is 13.7. The summed E-state index contributed by atoms with van der Waals surface area (Å²) in [6.07, 6.45) is -5.25. The molecule has 2 aromatic rings. The van der Waals surface area contributed by atoms with E-state index in [4.69, 9.17) is 11.6 Å². The van der Waals surface area contributed by atoms with Gasteiger partial charge in [0.15, 0.2) is 0 Å². The Morgan fingerprint density at radius 1 is 1.23 bits per heavy atom. The van der Waals surface area contributed by atoms with Crippen LogP contribution in [0.2, 0.25) is 5.02 Å². The van der Waals surface area contributed by atoms with Crippen molar-refractivity contribution in [2.24, 2.45) is 0 Å². The maximum Gasteiger partial charge on any atom is 0.455 e. The van der Waals surface area contributed by atoms with E-state index in [1.807, 2.05) is 0 Å². The molecule has 0 amide bonds. The highest BCUT2D eigenvalue weighted by Gasteiger charge is 2.59. The quantitative estimate of drug-likeness (QED) is 0.737. The molecule has 0 fully saturated rings. The number of hydrogen-bond donors (Lipinski definition) is 1. The van der Waals surface area contributed by atoms with Crippen LogP contribution in [0.1, 0.15) is 31.7 Å². The second kappa shape index (κ2) is 6.11. The number of fused-ring (bicyclic) bond motifs is 3. The van der Waals surface area contributed by atoms with Crippen LogP contribution in [-0.2, 0) is 0 Å². The number of aromatic nitrogens is 1. The van der Waals surface area contributed by atoms with Gasteiger partial charge in [0, 0.05) is 29.1 Å². The molecular weight excluding hydrogens is 379 g/mol. The Labute approximate surface area is 150 Å². The van der Waals surface area contributed by atoms with Crippen LogP contribution in [0.5, 0.6) is 0 Å². The Bertz CT molecular complexity index is 908. The predicted molar refractivity (Wildman–Crippen MR) is 90.4 cm³/mol. The van der Waals surface area contributed by atoms with E-state index in [9.17, 15) is 26.7 Å². The lowest BCUT2D eigenvalue weighted by atomic mass is 9.92. The van der Waals surface area contributed by atoms with E-state index < -0.39 is 30.2 Å². The van der Waals surface area contributed by atoms with Gasteiger partial charge < -0.3 is 9.88 Å². The molecule has 1 aliphatic rings. The first-order valence-electron chi connectivity index (χ1n) is 8.04. The van der Waals surface area contributed by atoms with Gasteiger partial charge in [0.2, 0.25) is 5.56 Å². The second-order valence-corrected chi connectivity index (χ2v) is 6.90. The van der Waals surface area contributed by atoms with E-state index >= 15 is 0 Å². The minimum absolute atomic E-state index is 0.145. The molecule has 0 saturated carbocycles. The lowest BCUT2D eigenvalue weighted by Gasteiger charge is -2.32. The van der Waals surface area contributed by atoms with Gasteiger partial charge in [0.05, 0.1) is 17.1 Å². The number of aromatic amines is 1. The van der Waals surface area contributed by atoms with E-state index in [2.05, 4.69) is 4.98 Å². The fraction of sp³-hybridized carbons (Fsp3) is 0.471. The van der Waals surface area contributed by atoms with Gasteiger partial charge in [-0.15, -0.1) is 0 Å². The van der Waals surface area contributed by atoms with Crippen LogP contribution in [-0.4, -0.2) is 29.7 Å². The molecule has 0 aliphatic carbocycles. The molecule has 0 radical (unpaired) electrons. The fourth-order valence-corrected chi connectivity index (χ4v) is 4.06. The Balaban J connectivity index is 2.19. The molecule has 2 heterocycles. The van der Waals surface area contributed by atoms with E-state index in [0.29, 0.717) is 22.9 Å². The third-order valence-electron chi connectivity index (χ3n) is 4.92. The Morgan fingerprint density at radius 3 is 2.46 bits per heavy atom. The maximum atomic E-state index is 13.7. The van der Waals surface area contributed by atoms with Crippen molar-refractivity contribution in [1.29, 1.82) is 0 Å². The molecule has 3 rings (SSSR count). The third-order valence-corrected chi connectivity index (χ3v) is 5.22. The highest BCUT2D eigenvalue weighted by molar-refractivity contribution is 6.35. The van der Waals surface area contributed by atoms with E-state index in [1.54, 1.807) is 13.8 Å². The van der Waals surface area contributed by atoms with Crippen molar-refractivity contribution in [2.45, 2.75) is 44.3 Å². The number of alkyl halides is 5. The van der Waals surface area contributed by atoms with Crippen LogP contribution in [0.4, 0.5) is 27.6 Å². The zero-order valence-corrected chi connectivity index (χ0v) is 14.7. The summed E-state index contributed by atoms with van der Waals surface area (Å²) < 4.78 is 65.6. The number of nitrogens with zero attached hydrogens (tertiary/aromatic N) is 1. The summed E-state index contributed by atoms with van der Waals surface area (Å²) in [7, 11) is 0. The third kappa shape index (κ3) is 2.84. The molecule has 142 valence electrons. The molecule has 0 saturated heterocycles. The molecule has 3 nitrogen and oxygen atoms in total. The van der Waals surface area contributed by atoms with Gasteiger partial charge in [0.1, 0.15) is 0 Å². The lowest BCUT2D eigenvalue weighted by Crippen LogP contribution is -2.49. The standard InChI is InChI=1S/C17H16ClF5N2O/c1-3-11-8(2)14-12(25(11)7-16(19,20)17(21,22)23)5-4-10-15(14)9(18)6-13(26)24-10/h4-6,8,11H,3,7H2,1-2H3,(H,24,26). The van der Waals surface area contributed by atoms with Gasteiger partial charge in [-0.05, 0) is 24.1 Å². The van der Waals surface area contributed by atoms with Crippen molar-refractivity contribution in [3.63, 3.8) is 0 Å². The van der Waals surface area contributed by atoms with Gasteiger partial charge in [-0.2, -0.15) is 22.0 Å². The summed E-state index contributed by atoms with van der Waals surface area (Å²) >= 11 is 6.19. The Hall–Kier alpha value is -1.83. The van der Waals surface area contributed by atoms with E-state index in [0.717, 1.165) is 4.90 Å². The number of H-pyrrole nitrogens is 1. The average Bonchev–Trinajstić information content (AvgIpc) is 2.77. The highest BCUT2D eigenvalue weighted by atomic mass is 35.5. The molecule has 1 aliphatic heterocycles. The summed E-state index contributed by atoms with van der Waals surface area (Å²) in [5.41, 5.74) is 0.872. The Kier molecular flexibility index (Phi) is 4.45. The summed E-state index contributed by atoms with van der Waals surface area (Å²) in [5.74, 6) is -5.17. The molecule has 26 heavy (non-hydrogen) atoms. The van der Waals surface area contributed by atoms with Crippen LogP contribution in [0.15, 0.2) is 23.0 Å². The Morgan fingerprint density at radius 2 is 1.88 bits per heavy atom. The molecule has 2 atom stereocenters. The van der Waals surface area contributed by atoms with Crippen molar-refractivity contribution < 1.29 is 22.0 Å². The largest absolute Gasteiger partial charge is 0.455 e. The first-order chi connectivity index (χ1) is 12.0. The first kappa shape index (κ1) is 18.9. The molecular formula is C17H16ClF5N2O. The minimum Gasteiger partial charge on any atom is -0.361 e. The van der Waals surface area contributed by atoms with Crippen molar-refractivity contribution in [3.8, 4) is 0 Å². The van der Waals surface area contributed by atoms with Crippen molar-refractivity contribution >= 4 is 28.2 Å². The highest BCUT2D eigenvalue weighted by Crippen LogP contribution is 2.48. The van der Waals surface area contributed by atoms with Gasteiger partial charge >= 0.3 is 12.1 Å². The molecule has 1 aromatic heterocycles. The van der Waals surface area contributed by atoms with Crippen LogP contribution in [0.3, 0.4) is 0 Å². The van der Waals surface area contributed by atoms with Gasteiger partial charge in [-0.3, -0.25) is 4.79 Å². The zero-order valence-electron chi connectivity index (χ0n) is 13.9. The molecule has 9 heteroatoms. The molecule has 0 bridgehead atoms. The number of hydrogen-bond acceptors (Lipinski definition) is 2. The van der Waals surface area contributed by atoms with Gasteiger partial charge in [-0.25, -0.2) is 0 Å². The zero-order chi connectivity index (χ0) is 19.4. The number of anilines is 1. The van der Waals surface area contributed by atoms with E-state index in [-0.39, 0.29) is 16.6 Å².